The molecule has 30 heavy (non-hydrogen) atoms. The molecule has 7 atom stereocenters. The average molecular weight is 409 g/mol. The van der Waals surface area contributed by atoms with Gasteiger partial charge in [-0.05, 0) is 91.4 Å². The van der Waals surface area contributed by atoms with Gasteiger partial charge in [0.25, 0.3) is 0 Å². The summed E-state index contributed by atoms with van der Waals surface area (Å²) in [4.78, 5) is 0. The zero-order valence-corrected chi connectivity index (χ0v) is 18.6. The van der Waals surface area contributed by atoms with E-state index < -0.39 is 0 Å². The van der Waals surface area contributed by atoms with Crippen molar-refractivity contribution in [2.24, 2.45) is 28.6 Å². The van der Waals surface area contributed by atoms with Crippen molar-refractivity contribution in [2.75, 3.05) is 7.11 Å². The van der Waals surface area contributed by atoms with Crippen LogP contribution in [0, 0.1) is 28.6 Å². The topological polar surface area (TPSA) is 49.7 Å². The molecular formula is C27H36O3. The Hall–Kier alpha value is -1.58. The number of benzene rings is 1. The summed E-state index contributed by atoms with van der Waals surface area (Å²) in [5.74, 6) is 2.74. The van der Waals surface area contributed by atoms with Crippen LogP contribution in [0.25, 0.3) is 6.08 Å². The Morgan fingerprint density at radius 3 is 2.50 bits per heavy atom. The molecule has 3 heteroatoms. The van der Waals surface area contributed by atoms with Crippen LogP contribution >= 0.6 is 0 Å². The van der Waals surface area contributed by atoms with Crippen LogP contribution in [0.1, 0.15) is 64.4 Å². The van der Waals surface area contributed by atoms with Gasteiger partial charge in [-0.1, -0.05) is 43.7 Å². The van der Waals surface area contributed by atoms with E-state index in [1.165, 1.54) is 17.6 Å². The third kappa shape index (κ3) is 3.00. The van der Waals surface area contributed by atoms with Crippen molar-refractivity contribution in [3.8, 4) is 5.75 Å². The molecule has 1 aromatic carbocycles. The number of hydrogen-bond donors (Lipinski definition) is 2. The van der Waals surface area contributed by atoms with Crippen LogP contribution < -0.4 is 4.74 Å². The third-order valence-corrected chi connectivity index (χ3v) is 9.41. The van der Waals surface area contributed by atoms with Crippen LogP contribution in [0.5, 0.6) is 5.75 Å². The molecule has 1 aromatic rings. The molecular weight excluding hydrogens is 372 g/mol. The van der Waals surface area contributed by atoms with E-state index in [0.29, 0.717) is 17.8 Å². The summed E-state index contributed by atoms with van der Waals surface area (Å²) in [7, 11) is 1.69. The molecule has 3 nitrogen and oxygen atoms in total. The first-order chi connectivity index (χ1) is 14.3. The van der Waals surface area contributed by atoms with Crippen molar-refractivity contribution in [1.82, 2.24) is 0 Å². The highest BCUT2D eigenvalue weighted by Crippen LogP contribution is 2.65. The normalized spacial score (nSPS) is 44.1. The quantitative estimate of drug-likeness (QED) is 0.647. The van der Waals surface area contributed by atoms with Gasteiger partial charge in [0.05, 0.1) is 19.3 Å². The Labute approximate surface area is 180 Å². The Kier molecular flexibility index (Phi) is 4.91. The van der Waals surface area contributed by atoms with Crippen molar-refractivity contribution >= 4 is 6.08 Å². The van der Waals surface area contributed by atoms with Gasteiger partial charge < -0.3 is 14.9 Å². The summed E-state index contributed by atoms with van der Waals surface area (Å²) in [5.41, 5.74) is 4.08. The summed E-state index contributed by atoms with van der Waals surface area (Å²) in [6.07, 6.45) is 11.5. The Bertz CT molecular complexity index is 869. The monoisotopic (exact) mass is 408 g/mol. The van der Waals surface area contributed by atoms with Gasteiger partial charge in [-0.15, -0.1) is 0 Å². The minimum absolute atomic E-state index is 0.0185. The molecule has 0 spiro atoms. The Morgan fingerprint density at radius 2 is 1.77 bits per heavy atom. The Morgan fingerprint density at radius 1 is 1.00 bits per heavy atom. The highest BCUT2D eigenvalue weighted by Gasteiger charge is 2.59. The molecule has 5 rings (SSSR count). The lowest BCUT2D eigenvalue weighted by molar-refractivity contribution is -0.0685. The molecule has 4 aliphatic rings. The summed E-state index contributed by atoms with van der Waals surface area (Å²) in [5, 5.41) is 21.6. The molecule has 3 saturated carbocycles. The van der Waals surface area contributed by atoms with Crippen LogP contribution in [0.2, 0.25) is 0 Å². The summed E-state index contributed by atoms with van der Waals surface area (Å²) < 4.78 is 5.28. The van der Waals surface area contributed by atoms with Crippen molar-refractivity contribution in [3.63, 3.8) is 0 Å². The van der Waals surface area contributed by atoms with E-state index in [2.05, 4.69) is 38.1 Å². The second-order valence-corrected chi connectivity index (χ2v) is 10.8. The number of hydrogen-bond acceptors (Lipinski definition) is 3. The predicted molar refractivity (Wildman–Crippen MR) is 120 cm³/mol. The predicted octanol–water partition coefficient (Wildman–Crippen LogP) is 5.37. The fourth-order valence-electron chi connectivity index (χ4n) is 7.55. The summed E-state index contributed by atoms with van der Waals surface area (Å²) in [6.45, 7) is 4.79. The molecule has 0 unspecified atom stereocenters. The fourth-order valence-corrected chi connectivity index (χ4v) is 7.55. The van der Waals surface area contributed by atoms with Crippen LogP contribution in [0.3, 0.4) is 0 Å². The molecule has 2 N–H and O–H groups in total. The van der Waals surface area contributed by atoms with E-state index in [-0.39, 0.29) is 23.0 Å². The van der Waals surface area contributed by atoms with Crippen molar-refractivity contribution in [3.05, 3.63) is 47.1 Å². The maximum absolute atomic E-state index is 11.4. The molecule has 4 aliphatic carbocycles. The number of ether oxygens (including phenoxy) is 1. The van der Waals surface area contributed by atoms with Gasteiger partial charge >= 0.3 is 0 Å². The lowest BCUT2D eigenvalue weighted by Crippen LogP contribution is -2.51. The number of aliphatic hydroxyl groups is 2. The number of allylic oxidation sites excluding steroid dienone is 1. The van der Waals surface area contributed by atoms with Crippen LogP contribution in [-0.4, -0.2) is 29.5 Å². The van der Waals surface area contributed by atoms with Crippen molar-refractivity contribution < 1.29 is 14.9 Å². The Balaban J connectivity index is 1.44. The first kappa shape index (κ1) is 20.3. The third-order valence-electron chi connectivity index (χ3n) is 9.41. The molecule has 0 bridgehead atoms. The van der Waals surface area contributed by atoms with Gasteiger partial charge in [0.2, 0.25) is 0 Å². The average Bonchev–Trinajstić information content (AvgIpc) is 3.00. The molecule has 0 heterocycles. The van der Waals surface area contributed by atoms with E-state index in [1.54, 1.807) is 7.11 Å². The first-order valence-electron chi connectivity index (χ1n) is 11.8. The van der Waals surface area contributed by atoms with Crippen LogP contribution in [0.4, 0.5) is 0 Å². The standard InChI is InChI=1S/C27H36O3/c1-26-12-10-20(28)16-19(26)6-9-22-23(26)11-13-27(2)24(22)15-18(25(27)29)14-17-4-7-21(30-3)8-5-17/h4-8,14,20,22-25,28-29H,9-13,15-16H2,1-3H3/b18-14+/t20-,22-,23-,24-,25-,26+,27+/m1/s1. The van der Waals surface area contributed by atoms with E-state index in [0.717, 1.165) is 49.8 Å². The second kappa shape index (κ2) is 7.24. The lowest BCUT2D eigenvalue weighted by atomic mass is 9.48. The maximum Gasteiger partial charge on any atom is 0.118 e. The maximum atomic E-state index is 11.4. The molecule has 0 amide bonds. The number of methoxy groups -OCH3 is 1. The molecule has 0 aromatic heterocycles. The van der Waals surface area contributed by atoms with Crippen molar-refractivity contribution in [2.45, 2.75) is 71.0 Å². The summed E-state index contributed by atoms with van der Waals surface area (Å²) >= 11 is 0. The van der Waals surface area contributed by atoms with Crippen LogP contribution in [-0.2, 0) is 0 Å². The van der Waals surface area contributed by atoms with E-state index in [9.17, 15) is 10.2 Å². The smallest absolute Gasteiger partial charge is 0.118 e. The lowest BCUT2D eigenvalue weighted by Gasteiger charge is -2.57. The number of aliphatic hydroxyl groups excluding tert-OH is 2. The van der Waals surface area contributed by atoms with Gasteiger partial charge in [-0.25, -0.2) is 0 Å². The molecule has 162 valence electrons. The molecule has 0 aliphatic heterocycles. The number of fused-ring (bicyclic) bond motifs is 5. The van der Waals surface area contributed by atoms with Gasteiger partial charge in [-0.3, -0.25) is 0 Å². The SMILES string of the molecule is COc1ccc(/C=C2\C[C@@H]3[C@@H]4CC=C5C[C@H](O)CC[C@]5(C)[C@@H]4CC[C@]3(C)[C@@H]2O)cc1. The van der Waals surface area contributed by atoms with Crippen LogP contribution in [0.15, 0.2) is 41.5 Å². The molecule has 3 fully saturated rings. The largest absolute Gasteiger partial charge is 0.497 e. The minimum Gasteiger partial charge on any atom is -0.497 e. The zero-order chi connectivity index (χ0) is 21.1. The van der Waals surface area contributed by atoms with Gasteiger partial charge in [-0.2, -0.15) is 0 Å². The minimum atomic E-state index is -0.350. The summed E-state index contributed by atoms with van der Waals surface area (Å²) in [6, 6.07) is 8.14. The van der Waals surface area contributed by atoms with Gasteiger partial charge in [0.15, 0.2) is 0 Å². The van der Waals surface area contributed by atoms with Gasteiger partial charge in [0, 0.05) is 5.41 Å². The first-order valence-corrected chi connectivity index (χ1v) is 11.8. The van der Waals surface area contributed by atoms with E-state index in [4.69, 9.17) is 4.74 Å². The molecule has 0 saturated heterocycles. The van der Waals surface area contributed by atoms with E-state index in [1.807, 2.05) is 12.1 Å². The highest BCUT2D eigenvalue weighted by molar-refractivity contribution is 5.56. The van der Waals surface area contributed by atoms with E-state index >= 15 is 0 Å². The second-order valence-electron chi connectivity index (χ2n) is 10.8. The fraction of sp³-hybridized carbons (Fsp3) is 0.630. The van der Waals surface area contributed by atoms with Crippen molar-refractivity contribution in [1.29, 1.82) is 0 Å². The number of rotatable bonds is 2. The zero-order valence-electron chi connectivity index (χ0n) is 18.6. The van der Waals surface area contributed by atoms with Gasteiger partial charge in [0.1, 0.15) is 5.75 Å². The highest BCUT2D eigenvalue weighted by atomic mass is 16.5. The molecule has 0 radical (unpaired) electrons.